The Labute approximate surface area is 403 Å². The van der Waals surface area contributed by atoms with Gasteiger partial charge in [-0.1, -0.05) is 182 Å². The summed E-state index contributed by atoms with van der Waals surface area (Å²) in [6.07, 6.45) is 0. The average molecular weight is 892 g/mol. The molecule has 5 nitrogen and oxygen atoms in total. The first-order valence-corrected chi connectivity index (χ1v) is 23.7. The second-order valence-corrected chi connectivity index (χ2v) is 18.1. The molecule has 0 aliphatic heterocycles. The number of rotatable bonds is 7. The second-order valence-electron chi connectivity index (χ2n) is 18.1. The molecule has 14 rings (SSSR count). The van der Waals surface area contributed by atoms with Crippen molar-refractivity contribution in [2.45, 2.75) is 0 Å². The first-order valence-electron chi connectivity index (χ1n) is 23.7. The fraction of sp³-hybridized carbons (Fsp3) is 0. The third-order valence-electron chi connectivity index (χ3n) is 13.9. The molecule has 0 aliphatic rings. The van der Waals surface area contributed by atoms with Crippen LogP contribution in [-0.2, 0) is 0 Å². The lowest BCUT2D eigenvalue weighted by Crippen LogP contribution is -2.06. The van der Waals surface area contributed by atoms with Gasteiger partial charge in [-0.05, 0) is 122 Å². The van der Waals surface area contributed by atoms with Gasteiger partial charge in [-0.15, -0.1) is 0 Å². The minimum atomic E-state index is 0.571. The Morgan fingerprint density at radius 1 is 0.229 bits per heavy atom. The third-order valence-corrected chi connectivity index (χ3v) is 13.9. The summed E-state index contributed by atoms with van der Waals surface area (Å²) in [5.41, 5.74) is 14.4. The monoisotopic (exact) mass is 891 g/mol. The van der Waals surface area contributed by atoms with Crippen LogP contribution in [0.1, 0.15) is 0 Å². The number of para-hydroxylation sites is 2. The summed E-state index contributed by atoms with van der Waals surface area (Å²) in [4.78, 5) is 15.8. The van der Waals surface area contributed by atoms with Gasteiger partial charge in [-0.2, -0.15) is 9.97 Å². The molecule has 70 heavy (non-hydrogen) atoms. The predicted molar refractivity (Wildman–Crippen MR) is 291 cm³/mol. The normalized spacial score (nSPS) is 11.7. The minimum Gasteiger partial charge on any atom is -0.309 e. The van der Waals surface area contributed by atoms with E-state index in [0.29, 0.717) is 17.6 Å². The zero-order valence-corrected chi connectivity index (χ0v) is 37.9. The SMILES string of the molecule is c1ccc(-c2cc(-c3ccccc3)cc(-n3c4ccccc4c4cc(-c5ccc6c(c5)c5ccccc5n6-c5nc(-c6ccc7ccccc7c6)nc(-c6ccc7ccccc7c6)n5)ccc43)c2)cc1. The van der Waals surface area contributed by atoms with E-state index in [1.165, 1.54) is 49.3 Å². The smallest absolute Gasteiger partial charge is 0.238 e. The maximum absolute atomic E-state index is 5.30. The van der Waals surface area contributed by atoms with E-state index in [2.05, 4.69) is 258 Å². The number of hydrogen-bond donors (Lipinski definition) is 0. The zero-order valence-electron chi connectivity index (χ0n) is 37.9. The molecule has 0 bridgehead atoms. The lowest BCUT2D eigenvalue weighted by atomic mass is 9.98. The molecule has 0 N–H and O–H groups in total. The van der Waals surface area contributed by atoms with Crippen molar-refractivity contribution in [3.8, 4) is 67.8 Å². The molecule has 5 heteroatoms. The number of benzene rings is 11. The van der Waals surface area contributed by atoms with Crippen molar-refractivity contribution in [3.63, 3.8) is 0 Å². The highest BCUT2D eigenvalue weighted by Gasteiger charge is 2.20. The van der Waals surface area contributed by atoms with Gasteiger partial charge in [0.15, 0.2) is 11.6 Å². The Bertz CT molecular complexity index is 4200. The highest BCUT2D eigenvalue weighted by Crippen LogP contribution is 2.40. The van der Waals surface area contributed by atoms with E-state index in [0.717, 1.165) is 66.0 Å². The largest absolute Gasteiger partial charge is 0.309 e. The molecule has 0 saturated heterocycles. The van der Waals surface area contributed by atoms with Crippen LogP contribution >= 0.6 is 0 Å². The fourth-order valence-corrected chi connectivity index (χ4v) is 10.5. The summed E-state index contributed by atoms with van der Waals surface area (Å²) in [5.74, 6) is 1.82. The molecule has 3 aromatic heterocycles. The minimum absolute atomic E-state index is 0.571. The topological polar surface area (TPSA) is 48.5 Å². The van der Waals surface area contributed by atoms with Gasteiger partial charge < -0.3 is 4.57 Å². The Morgan fingerprint density at radius 2 is 0.643 bits per heavy atom. The summed E-state index contributed by atoms with van der Waals surface area (Å²) in [6.45, 7) is 0. The van der Waals surface area contributed by atoms with E-state index in [1.807, 2.05) is 0 Å². The molecular weight excluding hydrogens is 851 g/mol. The number of fused-ring (bicyclic) bond motifs is 8. The lowest BCUT2D eigenvalue weighted by Gasteiger charge is -2.14. The van der Waals surface area contributed by atoms with Crippen LogP contribution in [0.3, 0.4) is 0 Å². The first-order chi connectivity index (χ1) is 34.7. The number of hydrogen-bond acceptors (Lipinski definition) is 3. The molecule has 14 aromatic rings. The number of nitrogens with zero attached hydrogens (tertiary/aromatic N) is 5. The molecule has 0 unspecified atom stereocenters. The lowest BCUT2D eigenvalue weighted by molar-refractivity contribution is 0.954. The molecular formula is C65H41N5. The van der Waals surface area contributed by atoms with Gasteiger partial charge in [-0.25, -0.2) is 4.98 Å². The highest BCUT2D eigenvalue weighted by atomic mass is 15.2. The van der Waals surface area contributed by atoms with E-state index in [-0.39, 0.29) is 0 Å². The maximum atomic E-state index is 5.30. The quantitative estimate of drug-likeness (QED) is 0.160. The average Bonchev–Trinajstić information content (AvgIpc) is 3.95. The maximum Gasteiger partial charge on any atom is 0.238 e. The van der Waals surface area contributed by atoms with Crippen molar-refractivity contribution >= 4 is 65.2 Å². The van der Waals surface area contributed by atoms with Gasteiger partial charge in [-0.3, -0.25) is 4.57 Å². The molecule has 3 heterocycles. The van der Waals surface area contributed by atoms with Crippen LogP contribution in [0, 0.1) is 0 Å². The van der Waals surface area contributed by atoms with Crippen molar-refractivity contribution in [1.82, 2.24) is 24.1 Å². The molecule has 0 saturated carbocycles. The van der Waals surface area contributed by atoms with Gasteiger partial charge in [0.05, 0.1) is 22.1 Å². The van der Waals surface area contributed by atoms with E-state index in [9.17, 15) is 0 Å². The summed E-state index contributed by atoms with van der Waals surface area (Å²) in [6, 6.07) is 89.1. The van der Waals surface area contributed by atoms with Crippen molar-refractivity contribution in [3.05, 3.63) is 249 Å². The van der Waals surface area contributed by atoms with Gasteiger partial charge in [0, 0.05) is 38.4 Å². The fourth-order valence-electron chi connectivity index (χ4n) is 10.5. The van der Waals surface area contributed by atoms with Crippen LogP contribution in [0.2, 0.25) is 0 Å². The Balaban J connectivity index is 0.930. The first kappa shape index (κ1) is 39.7. The third kappa shape index (κ3) is 6.67. The van der Waals surface area contributed by atoms with E-state index >= 15 is 0 Å². The molecule has 0 atom stereocenters. The van der Waals surface area contributed by atoms with Gasteiger partial charge in [0.2, 0.25) is 5.95 Å². The molecule has 0 spiro atoms. The van der Waals surface area contributed by atoms with Gasteiger partial charge in [0.1, 0.15) is 0 Å². The van der Waals surface area contributed by atoms with Crippen molar-refractivity contribution in [2.75, 3.05) is 0 Å². The summed E-state index contributed by atoms with van der Waals surface area (Å²) >= 11 is 0. The molecule has 326 valence electrons. The standard InChI is InChI=1S/C65H41N5/c1-3-15-42(16-4-1)52-37-53(43-17-5-2-6-18-43)39-54(38-52)69-59-25-13-11-23-55(59)57-40-48(31-33-61(57)69)49-32-34-62-58(41-49)56-24-12-14-26-60(56)70(62)65-67-63(50-29-27-44-19-7-9-21-46(44)35-50)66-64(68-65)51-30-28-45-20-8-10-22-47(45)36-51/h1-41H. The van der Waals surface area contributed by atoms with E-state index in [1.54, 1.807) is 0 Å². The summed E-state index contributed by atoms with van der Waals surface area (Å²) in [7, 11) is 0. The zero-order chi connectivity index (χ0) is 46.1. The molecule has 0 aliphatic carbocycles. The molecule has 11 aromatic carbocycles. The summed E-state index contributed by atoms with van der Waals surface area (Å²) in [5, 5.41) is 9.28. The van der Waals surface area contributed by atoms with E-state index in [4.69, 9.17) is 15.0 Å². The van der Waals surface area contributed by atoms with Crippen LogP contribution in [0.5, 0.6) is 0 Å². The van der Waals surface area contributed by atoms with Gasteiger partial charge >= 0.3 is 0 Å². The Morgan fingerprint density at radius 3 is 1.17 bits per heavy atom. The second kappa shape index (κ2) is 16.1. The highest BCUT2D eigenvalue weighted by molar-refractivity contribution is 6.13. The van der Waals surface area contributed by atoms with Crippen LogP contribution in [0.15, 0.2) is 249 Å². The van der Waals surface area contributed by atoms with Crippen molar-refractivity contribution < 1.29 is 0 Å². The molecule has 0 amide bonds. The van der Waals surface area contributed by atoms with Crippen LogP contribution in [-0.4, -0.2) is 24.1 Å². The predicted octanol–water partition coefficient (Wildman–Crippen LogP) is 16.7. The summed E-state index contributed by atoms with van der Waals surface area (Å²) < 4.78 is 4.63. The van der Waals surface area contributed by atoms with Crippen LogP contribution in [0.4, 0.5) is 0 Å². The van der Waals surface area contributed by atoms with Crippen LogP contribution in [0.25, 0.3) is 133 Å². The Kier molecular flexibility index (Phi) is 9.14. The van der Waals surface area contributed by atoms with Gasteiger partial charge in [0.25, 0.3) is 0 Å². The molecule has 0 fully saturated rings. The Hall–Kier alpha value is -9.45. The van der Waals surface area contributed by atoms with Crippen molar-refractivity contribution in [2.24, 2.45) is 0 Å². The van der Waals surface area contributed by atoms with Crippen LogP contribution < -0.4 is 0 Å². The van der Waals surface area contributed by atoms with E-state index < -0.39 is 0 Å². The van der Waals surface area contributed by atoms with Crippen molar-refractivity contribution in [1.29, 1.82) is 0 Å². The number of aromatic nitrogens is 5. The molecule has 0 radical (unpaired) electrons.